The molecule has 1 aromatic heterocycles. The molecule has 0 saturated heterocycles. The number of fused-ring (bicyclic) bond motifs is 1. The highest BCUT2D eigenvalue weighted by Crippen LogP contribution is 2.32. The molecule has 0 amide bonds. The molecule has 1 heterocycles. The van der Waals surface area contributed by atoms with Crippen molar-refractivity contribution in [3.8, 4) is 0 Å². The molecule has 0 fully saturated rings. The lowest BCUT2D eigenvalue weighted by Crippen LogP contribution is -2.22. The lowest BCUT2D eigenvalue weighted by molar-refractivity contribution is -0.133. The van der Waals surface area contributed by atoms with Crippen LogP contribution in [0.15, 0.2) is 17.3 Å². The minimum atomic E-state index is -0.992. The zero-order valence-corrected chi connectivity index (χ0v) is 12.1. The smallest absolute Gasteiger partial charge is 0.313 e. The zero-order chi connectivity index (χ0) is 15.1. The van der Waals surface area contributed by atoms with Crippen LogP contribution in [0.25, 0.3) is 11.0 Å². The maximum absolute atomic E-state index is 13.8. The van der Waals surface area contributed by atoms with Gasteiger partial charge in [-0.05, 0) is 20.8 Å². The molecule has 1 N–H and O–H groups in total. The van der Waals surface area contributed by atoms with Gasteiger partial charge in [-0.2, -0.15) is 0 Å². The number of carboxylic acids is 1. The van der Waals surface area contributed by atoms with E-state index in [0.29, 0.717) is 10.7 Å². The standard InChI is InChI=1S/C13H14F2N2O2S/c1-13(2,3)17-9-5-7(14)4-8(15)11(9)16-12(17)20-6-10(18)19/h4-5H,6H2,1-3H3,(H,18,19). The van der Waals surface area contributed by atoms with Crippen LogP contribution in [0.2, 0.25) is 0 Å². The second kappa shape index (κ2) is 5.05. The lowest BCUT2D eigenvalue weighted by Gasteiger charge is -2.24. The van der Waals surface area contributed by atoms with Crippen molar-refractivity contribution in [2.45, 2.75) is 31.5 Å². The van der Waals surface area contributed by atoms with Crippen LogP contribution >= 0.6 is 11.8 Å². The molecule has 0 aliphatic heterocycles. The van der Waals surface area contributed by atoms with Crippen LogP contribution in [0.1, 0.15) is 20.8 Å². The molecule has 2 rings (SSSR count). The first kappa shape index (κ1) is 14.8. The van der Waals surface area contributed by atoms with Gasteiger partial charge in [0, 0.05) is 17.7 Å². The summed E-state index contributed by atoms with van der Waals surface area (Å²) >= 11 is 0.986. The normalized spacial score (nSPS) is 12.1. The summed E-state index contributed by atoms with van der Waals surface area (Å²) in [7, 11) is 0. The Labute approximate surface area is 118 Å². The first-order valence-corrected chi connectivity index (χ1v) is 6.91. The maximum atomic E-state index is 13.8. The van der Waals surface area contributed by atoms with Gasteiger partial charge in [-0.25, -0.2) is 13.8 Å². The number of benzene rings is 1. The summed E-state index contributed by atoms with van der Waals surface area (Å²) in [5.41, 5.74) is -0.104. The van der Waals surface area contributed by atoms with Gasteiger partial charge < -0.3 is 9.67 Å². The number of halogens is 2. The van der Waals surface area contributed by atoms with Gasteiger partial charge in [-0.3, -0.25) is 4.79 Å². The minimum Gasteiger partial charge on any atom is -0.481 e. The van der Waals surface area contributed by atoms with E-state index in [4.69, 9.17) is 5.11 Å². The van der Waals surface area contributed by atoms with Crippen molar-refractivity contribution in [2.24, 2.45) is 0 Å². The van der Waals surface area contributed by atoms with E-state index >= 15 is 0 Å². The molecule has 108 valence electrons. The Morgan fingerprint density at radius 2 is 2.05 bits per heavy atom. The highest BCUT2D eigenvalue weighted by molar-refractivity contribution is 7.99. The van der Waals surface area contributed by atoms with Crippen molar-refractivity contribution >= 4 is 28.8 Å². The number of nitrogens with zero attached hydrogens (tertiary/aromatic N) is 2. The van der Waals surface area contributed by atoms with E-state index in [9.17, 15) is 13.6 Å². The fourth-order valence-electron chi connectivity index (χ4n) is 1.95. The predicted octanol–water partition coefficient (Wildman–Crippen LogP) is 3.25. The van der Waals surface area contributed by atoms with Gasteiger partial charge in [-0.1, -0.05) is 11.8 Å². The largest absolute Gasteiger partial charge is 0.481 e. The van der Waals surface area contributed by atoms with Crippen LogP contribution in [0.3, 0.4) is 0 Å². The van der Waals surface area contributed by atoms with E-state index in [1.54, 1.807) is 4.57 Å². The Morgan fingerprint density at radius 1 is 1.40 bits per heavy atom. The number of carbonyl (C=O) groups is 1. The second-order valence-corrected chi connectivity index (χ2v) is 6.28. The van der Waals surface area contributed by atoms with Crippen molar-refractivity contribution < 1.29 is 18.7 Å². The van der Waals surface area contributed by atoms with Gasteiger partial charge in [0.05, 0.1) is 11.3 Å². The van der Waals surface area contributed by atoms with E-state index in [2.05, 4.69) is 4.98 Å². The molecular formula is C13H14F2N2O2S. The number of carboxylic acid groups (broad SMARTS) is 1. The third kappa shape index (κ3) is 2.77. The molecule has 0 spiro atoms. The molecular weight excluding hydrogens is 286 g/mol. The average Bonchev–Trinajstić information content (AvgIpc) is 2.64. The molecule has 0 atom stereocenters. The molecule has 0 saturated carbocycles. The Balaban J connectivity index is 2.67. The molecule has 0 unspecified atom stereocenters. The summed E-state index contributed by atoms with van der Waals surface area (Å²) in [4.78, 5) is 14.8. The molecule has 0 aliphatic carbocycles. The summed E-state index contributed by atoms with van der Waals surface area (Å²) < 4.78 is 28.8. The fourth-order valence-corrected chi connectivity index (χ4v) is 2.86. The topological polar surface area (TPSA) is 55.1 Å². The van der Waals surface area contributed by atoms with E-state index in [-0.39, 0.29) is 11.3 Å². The van der Waals surface area contributed by atoms with Gasteiger partial charge in [0.2, 0.25) is 0 Å². The Kier molecular flexibility index (Phi) is 3.73. The van der Waals surface area contributed by atoms with Gasteiger partial charge in [0.15, 0.2) is 11.0 Å². The first-order valence-electron chi connectivity index (χ1n) is 5.92. The van der Waals surface area contributed by atoms with Crippen molar-refractivity contribution in [3.05, 3.63) is 23.8 Å². The molecule has 0 bridgehead atoms. The van der Waals surface area contributed by atoms with Gasteiger partial charge in [0.1, 0.15) is 11.3 Å². The fraction of sp³-hybridized carbons (Fsp3) is 0.385. The second-order valence-electron chi connectivity index (χ2n) is 5.34. The molecule has 0 radical (unpaired) electrons. The first-order chi connectivity index (χ1) is 9.20. The third-order valence-electron chi connectivity index (χ3n) is 2.64. The van der Waals surface area contributed by atoms with Crippen LogP contribution in [0.4, 0.5) is 8.78 Å². The lowest BCUT2D eigenvalue weighted by atomic mass is 10.1. The van der Waals surface area contributed by atoms with Crippen LogP contribution in [-0.4, -0.2) is 26.4 Å². The molecule has 0 aliphatic rings. The molecule has 4 nitrogen and oxygen atoms in total. The number of hydrogen-bond donors (Lipinski definition) is 1. The van der Waals surface area contributed by atoms with E-state index in [1.165, 1.54) is 6.07 Å². The monoisotopic (exact) mass is 300 g/mol. The third-order valence-corrected chi connectivity index (χ3v) is 3.57. The summed E-state index contributed by atoms with van der Waals surface area (Å²) in [5.74, 6) is -2.62. The number of rotatable bonds is 3. The number of imidazole rings is 1. The summed E-state index contributed by atoms with van der Waals surface area (Å²) in [6.07, 6.45) is 0. The Morgan fingerprint density at radius 3 is 2.60 bits per heavy atom. The minimum absolute atomic E-state index is 0.0502. The number of aromatic nitrogens is 2. The number of thioether (sulfide) groups is 1. The zero-order valence-electron chi connectivity index (χ0n) is 11.3. The van der Waals surface area contributed by atoms with Crippen molar-refractivity contribution in [1.29, 1.82) is 0 Å². The quantitative estimate of drug-likeness (QED) is 0.884. The Hall–Kier alpha value is -1.63. The predicted molar refractivity (Wildman–Crippen MR) is 73.0 cm³/mol. The van der Waals surface area contributed by atoms with Crippen LogP contribution in [-0.2, 0) is 10.3 Å². The Bertz CT molecular complexity index is 677. The van der Waals surface area contributed by atoms with Crippen LogP contribution < -0.4 is 0 Å². The van der Waals surface area contributed by atoms with Crippen LogP contribution in [0, 0.1) is 11.6 Å². The van der Waals surface area contributed by atoms with Gasteiger partial charge in [-0.15, -0.1) is 0 Å². The van der Waals surface area contributed by atoms with E-state index in [0.717, 1.165) is 17.8 Å². The van der Waals surface area contributed by atoms with Crippen molar-refractivity contribution in [1.82, 2.24) is 9.55 Å². The average molecular weight is 300 g/mol. The number of aliphatic carboxylic acids is 1. The molecule has 2 aromatic rings. The van der Waals surface area contributed by atoms with Gasteiger partial charge >= 0.3 is 5.97 Å². The summed E-state index contributed by atoms with van der Waals surface area (Å²) in [6, 6.07) is 1.98. The summed E-state index contributed by atoms with van der Waals surface area (Å²) in [6.45, 7) is 5.59. The van der Waals surface area contributed by atoms with Gasteiger partial charge in [0.25, 0.3) is 0 Å². The molecule has 20 heavy (non-hydrogen) atoms. The summed E-state index contributed by atoms with van der Waals surface area (Å²) in [5, 5.41) is 9.11. The van der Waals surface area contributed by atoms with E-state index in [1.807, 2.05) is 20.8 Å². The SMILES string of the molecule is CC(C)(C)n1c(SCC(=O)O)nc2c(F)cc(F)cc21. The highest BCUT2D eigenvalue weighted by Gasteiger charge is 2.24. The van der Waals surface area contributed by atoms with Crippen molar-refractivity contribution in [3.63, 3.8) is 0 Å². The highest BCUT2D eigenvalue weighted by atomic mass is 32.2. The van der Waals surface area contributed by atoms with Crippen molar-refractivity contribution in [2.75, 3.05) is 5.75 Å². The number of hydrogen-bond acceptors (Lipinski definition) is 3. The van der Waals surface area contributed by atoms with Crippen LogP contribution in [0.5, 0.6) is 0 Å². The maximum Gasteiger partial charge on any atom is 0.313 e. The molecule has 1 aromatic carbocycles. The van der Waals surface area contributed by atoms with E-state index < -0.39 is 23.1 Å². The molecule has 7 heteroatoms.